The van der Waals surface area contributed by atoms with Crippen molar-refractivity contribution in [3.63, 3.8) is 0 Å². The molecule has 6 amide bonds. The van der Waals surface area contributed by atoms with Crippen LogP contribution in [0.4, 0.5) is 0 Å². The topological polar surface area (TPSA) is 158 Å². The molecule has 0 aliphatic carbocycles. The van der Waals surface area contributed by atoms with Gasteiger partial charge in [-0.05, 0) is 0 Å². The van der Waals surface area contributed by atoms with Gasteiger partial charge in [0.25, 0.3) is 23.6 Å². The van der Waals surface area contributed by atoms with Crippen LogP contribution in [0.5, 0.6) is 0 Å². The number of nitrogens with zero attached hydrogens (tertiary/aromatic N) is 3. The van der Waals surface area contributed by atoms with Gasteiger partial charge in [-0.2, -0.15) is 0 Å². The number of nitrogens with two attached hydrogens (primary N) is 1. The monoisotopic (exact) mass is 392 g/mol. The Bertz CT molecular complexity index is 679. The number of carbonyl (C=O) groups excluding carboxylic acids is 6. The van der Waals surface area contributed by atoms with Gasteiger partial charge in [-0.1, -0.05) is 0 Å². The minimum Gasteiger partial charge on any atom is -0.390 e. The number of amides is 6. The molecular weight excluding hydrogens is 372 g/mol. The average molecular weight is 392 g/mol. The maximum Gasteiger partial charge on any atom is 0.253 e. The third-order valence-electron chi connectivity index (χ3n) is 4.17. The highest BCUT2D eigenvalue weighted by Gasteiger charge is 2.29. The SMILES string of the molecule is NCC(O)CN(C(=O)CCN1C(=O)C=CC1=O)C(=O)CCN1C(=O)C=CC1=O. The first kappa shape index (κ1) is 21.1. The van der Waals surface area contributed by atoms with Gasteiger partial charge >= 0.3 is 0 Å². The molecule has 2 aliphatic heterocycles. The summed E-state index contributed by atoms with van der Waals surface area (Å²) in [5, 5.41) is 9.73. The number of aliphatic hydroxyl groups excluding tert-OH is 1. The number of hydrogen-bond donors (Lipinski definition) is 2. The van der Waals surface area contributed by atoms with Crippen LogP contribution < -0.4 is 5.73 Å². The summed E-state index contributed by atoms with van der Waals surface area (Å²) in [5.74, 6) is -3.68. The molecule has 0 bridgehead atoms. The first-order chi connectivity index (χ1) is 13.2. The molecule has 28 heavy (non-hydrogen) atoms. The van der Waals surface area contributed by atoms with Crippen molar-refractivity contribution >= 4 is 35.4 Å². The van der Waals surface area contributed by atoms with E-state index in [9.17, 15) is 33.9 Å². The van der Waals surface area contributed by atoms with E-state index >= 15 is 0 Å². The molecule has 0 aromatic carbocycles. The normalized spacial score (nSPS) is 17.1. The zero-order chi connectivity index (χ0) is 20.8. The van der Waals surface area contributed by atoms with Crippen LogP contribution in [-0.2, 0) is 28.8 Å². The largest absolute Gasteiger partial charge is 0.390 e. The summed E-state index contributed by atoms with van der Waals surface area (Å²) >= 11 is 0. The van der Waals surface area contributed by atoms with Crippen LogP contribution in [-0.4, -0.2) is 87.5 Å². The van der Waals surface area contributed by atoms with E-state index in [0.29, 0.717) is 0 Å². The van der Waals surface area contributed by atoms with Gasteiger partial charge in [0.05, 0.1) is 12.6 Å². The highest BCUT2D eigenvalue weighted by Crippen LogP contribution is 2.09. The van der Waals surface area contributed by atoms with E-state index in [1.165, 1.54) is 0 Å². The van der Waals surface area contributed by atoms with Crippen molar-refractivity contribution in [2.45, 2.75) is 18.9 Å². The Morgan fingerprint density at radius 2 is 1.21 bits per heavy atom. The molecule has 150 valence electrons. The van der Waals surface area contributed by atoms with Crippen molar-refractivity contribution in [1.29, 1.82) is 0 Å². The second kappa shape index (κ2) is 9.15. The first-order valence-corrected chi connectivity index (χ1v) is 8.53. The maximum absolute atomic E-state index is 12.5. The average Bonchev–Trinajstić information content (AvgIpc) is 3.16. The Hall–Kier alpha value is -3.18. The zero-order valence-electron chi connectivity index (χ0n) is 14.9. The highest BCUT2D eigenvalue weighted by molar-refractivity contribution is 6.13. The molecule has 0 aromatic rings. The molecule has 1 unspecified atom stereocenters. The van der Waals surface area contributed by atoms with Crippen LogP contribution in [0, 0.1) is 0 Å². The fourth-order valence-electron chi connectivity index (χ4n) is 2.62. The van der Waals surface area contributed by atoms with E-state index < -0.39 is 41.5 Å². The number of hydrogen-bond acceptors (Lipinski definition) is 8. The first-order valence-electron chi connectivity index (χ1n) is 8.53. The molecule has 11 nitrogen and oxygen atoms in total. The minimum absolute atomic E-state index is 0.197. The lowest BCUT2D eigenvalue weighted by molar-refractivity contribution is -0.147. The summed E-state index contributed by atoms with van der Waals surface area (Å²) in [6.45, 7) is -1.02. The summed E-state index contributed by atoms with van der Waals surface area (Å²) in [5.41, 5.74) is 5.33. The molecule has 2 aliphatic rings. The van der Waals surface area contributed by atoms with Crippen molar-refractivity contribution in [2.24, 2.45) is 5.73 Å². The van der Waals surface area contributed by atoms with Crippen molar-refractivity contribution in [1.82, 2.24) is 14.7 Å². The van der Waals surface area contributed by atoms with E-state index in [2.05, 4.69) is 0 Å². The van der Waals surface area contributed by atoms with Crippen LogP contribution in [0.3, 0.4) is 0 Å². The van der Waals surface area contributed by atoms with Gasteiger partial charge < -0.3 is 10.8 Å². The van der Waals surface area contributed by atoms with Crippen LogP contribution in [0.1, 0.15) is 12.8 Å². The van der Waals surface area contributed by atoms with E-state index in [1.54, 1.807) is 0 Å². The summed E-state index contributed by atoms with van der Waals surface area (Å²) in [6, 6.07) is 0. The fourth-order valence-corrected chi connectivity index (χ4v) is 2.62. The molecule has 11 heteroatoms. The Labute approximate surface area is 160 Å². The van der Waals surface area contributed by atoms with Crippen molar-refractivity contribution in [3.05, 3.63) is 24.3 Å². The number of aliphatic hydroxyl groups is 1. The summed E-state index contributed by atoms with van der Waals surface area (Å²) in [4.78, 5) is 73.5. The van der Waals surface area contributed by atoms with Crippen molar-refractivity contribution < 1.29 is 33.9 Å². The van der Waals surface area contributed by atoms with E-state index in [0.717, 1.165) is 39.0 Å². The quantitative estimate of drug-likeness (QED) is 0.401. The Morgan fingerprint density at radius 3 is 1.54 bits per heavy atom. The molecule has 0 aromatic heterocycles. The van der Waals surface area contributed by atoms with Gasteiger partial charge in [0.2, 0.25) is 11.8 Å². The Kier molecular flexibility index (Phi) is 6.90. The minimum atomic E-state index is -1.17. The lowest BCUT2D eigenvalue weighted by Gasteiger charge is -2.25. The van der Waals surface area contributed by atoms with E-state index in [4.69, 9.17) is 5.73 Å². The number of carbonyl (C=O) groups is 6. The third kappa shape index (κ3) is 4.96. The lowest BCUT2D eigenvalue weighted by Crippen LogP contribution is -2.46. The van der Waals surface area contributed by atoms with Gasteiger partial charge in [-0.15, -0.1) is 0 Å². The Morgan fingerprint density at radius 1 is 0.857 bits per heavy atom. The van der Waals surface area contributed by atoms with Gasteiger partial charge in [0, 0.05) is 56.8 Å². The van der Waals surface area contributed by atoms with Gasteiger partial charge in [-0.25, -0.2) is 0 Å². The summed E-state index contributed by atoms with van der Waals surface area (Å²) in [7, 11) is 0. The maximum atomic E-state index is 12.5. The summed E-state index contributed by atoms with van der Waals surface area (Å²) in [6.07, 6.45) is 2.48. The van der Waals surface area contributed by atoms with Gasteiger partial charge in [0.1, 0.15) is 0 Å². The van der Waals surface area contributed by atoms with Gasteiger partial charge in [0.15, 0.2) is 0 Å². The number of rotatable bonds is 9. The molecule has 0 fully saturated rings. The molecule has 0 spiro atoms. The lowest BCUT2D eigenvalue weighted by atomic mass is 10.2. The Balaban J connectivity index is 1.97. The van der Waals surface area contributed by atoms with Crippen molar-refractivity contribution in [2.75, 3.05) is 26.2 Å². The molecule has 0 saturated carbocycles. The van der Waals surface area contributed by atoms with Crippen molar-refractivity contribution in [3.8, 4) is 0 Å². The van der Waals surface area contributed by atoms with E-state index in [-0.39, 0.29) is 39.0 Å². The molecule has 3 N–H and O–H groups in total. The van der Waals surface area contributed by atoms with Gasteiger partial charge in [-0.3, -0.25) is 43.5 Å². The van der Waals surface area contributed by atoms with Crippen LogP contribution in [0.25, 0.3) is 0 Å². The number of imide groups is 3. The molecule has 2 heterocycles. The second-order valence-corrected chi connectivity index (χ2v) is 6.11. The van der Waals surface area contributed by atoms with Crippen LogP contribution >= 0.6 is 0 Å². The molecule has 0 radical (unpaired) electrons. The predicted molar refractivity (Wildman–Crippen MR) is 92.7 cm³/mol. The fraction of sp³-hybridized carbons (Fsp3) is 0.412. The standard InChI is InChI=1S/C17H20N4O7/c18-9-11(22)10-21(16(27)5-7-19-12(23)1-2-13(19)24)17(28)6-8-20-14(25)3-4-15(20)26/h1-4,11,22H,5-10,18H2. The third-order valence-corrected chi connectivity index (χ3v) is 4.17. The van der Waals surface area contributed by atoms with Crippen LogP contribution in [0.15, 0.2) is 24.3 Å². The zero-order valence-corrected chi connectivity index (χ0v) is 14.9. The predicted octanol–water partition coefficient (Wildman–Crippen LogP) is -2.71. The highest BCUT2D eigenvalue weighted by atomic mass is 16.3. The molecule has 0 saturated heterocycles. The van der Waals surface area contributed by atoms with E-state index in [1.807, 2.05) is 0 Å². The molecule has 1 atom stereocenters. The smallest absolute Gasteiger partial charge is 0.253 e. The van der Waals surface area contributed by atoms with Crippen LogP contribution in [0.2, 0.25) is 0 Å². The summed E-state index contributed by atoms with van der Waals surface area (Å²) < 4.78 is 0. The second-order valence-electron chi connectivity index (χ2n) is 6.11. The molecule has 2 rings (SSSR count). The molecular formula is C17H20N4O7.